The fraction of sp³-hybridized carbons (Fsp3) is 0.308. The maximum Gasteiger partial charge on any atom is 0.273 e. The average molecular weight is 512 g/mol. The first-order valence-corrected chi connectivity index (χ1v) is 11.7. The lowest BCUT2D eigenvalue weighted by Crippen LogP contribution is -2.36. The normalized spacial score (nSPS) is 11.9. The molecule has 1 heterocycles. The van der Waals surface area contributed by atoms with Crippen LogP contribution in [-0.4, -0.2) is 36.1 Å². The Bertz CT molecular complexity index is 1250. The highest BCUT2D eigenvalue weighted by Crippen LogP contribution is 2.32. The Balaban J connectivity index is 1.68. The standard InChI is InChI=1S/C26H30ClN5O4/c1-16(28-4)23(24(34)29-18-9-7-6-8-10-18)31-22(33)15-26(2,3)14-21-30-25(36-32-21)19-13-17(27)11-12-20(19)35-5/h6-13,28H,14-15H2,1-5H3,(H,29,34)(H,31,33)/b23-16+. The van der Waals surface area contributed by atoms with E-state index < -0.39 is 11.3 Å². The van der Waals surface area contributed by atoms with E-state index in [0.29, 0.717) is 40.0 Å². The molecule has 0 aliphatic rings. The zero-order valence-corrected chi connectivity index (χ0v) is 21.7. The summed E-state index contributed by atoms with van der Waals surface area (Å²) in [4.78, 5) is 30.2. The van der Waals surface area contributed by atoms with E-state index in [-0.39, 0.29) is 23.9 Å². The second-order valence-corrected chi connectivity index (χ2v) is 9.43. The first-order chi connectivity index (χ1) is 17.1. The van der Waals surface area contributed by atoms with Crippen LogP contribution in [-0.2, 0) is 16.0 Å². The lowest BCUT2D eigenvalue weighted by Gasteiger charge is -2.23. The first kappa shape index (κ1) is 26.7. The number of allylic oxidation sites excluding steroid dienone is 1. The first-order valence-electron chi connectivity index (χ1n) is 11.3. The summed E-state index contributed by atoms with van der Waals surface area (Å²) < 4.78 is 10.8. The van der Waals surface area contributed by atoms with E-state index in [1.54, 1.807) is 51.4 Å². The van der Waals surface area contributed by atoms with Crippen molar-refractivity contribution in [1.29, 1.82) is 0 Å². The Morgan fingerprint density at radius 2 is 1.86 bits per heavy atom. The van der Waals surface area contributed by atoms with Crippen molar-refractivity contribution in [2.75, 3.05) is 19.5 Å². The van der Waals surface area contributed by atoms with Gasteiger partial charge >= 0.3 is 0 Å². The lowest BCUT2D eigenvalue weighted by molar-refractivity contribution is -0.124. The van der Waals surface area contributed by atoms with Gasteiger partial charge in [-0.25, -0.2) is 0 Å². The summed E-state index contributed by atoms with van der Waals surface area (Å²) in [7, 11) is 3.23. The number of anilines is 1. The van der Waals surface area contributed by atoms with Gasteiger partial charge in [0.1, 0.15) is 11.4 Å². The van der Waals surface area contributed by atoms with Crippen LogP contribution in [0.5, 0.6) is 5.75 Å². The van der Waals surface area contributed by atoms with Gasteiger partial charge in [0.05, 0.1) is 12.7 Å². The molecule has 0 atom stereocenters. The molecule has 0 saturated carbocycles. The van der Waals surface area contributed by atoms with E-state index in [9.17, 15) is 9.59 Å². The second-order valence-electron chi connectivity index (χ2n) is 9.00. The number of carbonyl (C=O) groups excluding carboxylic acids is 2. The highest BCUT2D eigenvalue weighted by Gasteiger charge is 2.27. The number of aromatic nitrogens is 2. The summed E-state index contributed by atoms with van der Waals surface area (Å²) in [6, 6.07) is 14.2. The highest BCUT2D eigenvalue weighted by molar-refractivity contribution is 6.30. The van der Waals surface area contributed by atoms with Gasteiger partial charge in [-0.3, -0.25) is 9.59 Å². The lowest BCUT2D eigenvalue weighted by atomic mass is 9.85. The maximum absolute atomic E-state index is 12.9. The van der Waals surface area contributed by atoms with Gasteiger partial charge in [-0.2, -0.15) is 4.98 Å². The molecule has 2 amide bonds. The van der Waals surface area contributed by atoms with Crippen LogP contribution in [0.15, 0.2) is 64.4 Å². The molecule has 190 valence electrons. The van der Waals surface area contributed by atoms with Gasteiger partial charge in [-0.15, -0.1) is 0 Å². The van der Waals surface area contributed by atoms with Gasteiger partial charge in [-0.05, 0) is 42.7 Å². The minimum Gasteiger partial charge on any atom is -0.496 e. The number of nitrogens with one attached hydrogen (secondary N) is 3. The summed E-state index contributed by atoms with van der Waals surface area (Å²) in [5.74, 6) is 0.539. The van der Waals surface area contributed by atoms with Crippen LogP contribution in [0, 0.1) is 5.41 Å². The van der Waals surface area contributed by atoms with Gasteiger partial charge < -0.3 is 25.2 Å². The van der Waals surface area contributed by atoms with Gasteiger partial charge in [0.2, 0.25) is 5.91 Å². The van der Waals surface area contributed by atoms with E-state index in [1.807, 2.05) is 32.0 Å². The van der Waals surface area contributed by atoms with Gasteiger partial charge in [0, 0.05) is 36.3 Å². The summed E-state index contributed by atoms with van der Waals surface area (Å²) in [5.41, 5.74) is 1.37. The summed E-state index contributed by atoms with van der Waals surface area (Å²) in [6.07, 6.45) is 0.490. The van der Waals surface area contributed by atoms with Crippen molar-refractivity contribution >= 4 is 29.1 Å². The molecule has 9 nitrogen and oxygen atoms in total. The van der Waals surface area contributed by atoms with Crippen LogP contribution in [0.2, 0.25) is 5.02 Å². The number of benzene rings is 2. The fourth-order valence-electron chi connectivity index (χ4n) is 3.55. The molecule has 3 rings (SSSR count). The molecule has 0 bridgehead atoms. The van der Waals surface area contributed by atoms with Gasteiger partial charge in [0.15, 0.2) is 5.82 Å². The van der Waals surface area contributed by atoms with E-state index in [4.69, 9.17) is 20.9 Å². The minimum absolute atomic E-state index is 0.121. The number of hydrogen-bond donors (Lipinski definition) is 3. The SMILES string of the molecule is CN/C(C)=C(/NC(=O)CC(C)(C)Cc1noc(-c2cc(Cl)ccc2OC)n1)C(=O)Nc1ccccc1. The predicted octanol–water partition coefficient (Wildman–Crippen LogP) is 4.56. The summed E-state index contributed by atoms with van der Waals surface area (Å²) in [5, 5.41) is 13.1. The van der Waals surface area contributed by atoms with Crippen LogP contribution in [0.25, 0.3) is 11.5 Å². The molecular weight excluding hydrogens is 482 g/mol. The van der Waals surface area contributed by atoms with E-state index >= 15 is 0 Å². The molecule has 3 aromatic rings. The number of amides is 2. The molecular formula is C26H30ClN5O4. The smallest absolute Gasteiger partial charge is 0.273 e. The average Bonchev–Trinajstić information content (AvgIpc) is 3.29. The largest absolute Gasteiger partial charge is 0.496 e. The van der Waals surface area contributed by atoms with Crippen molar-refractivity contribution in [2.45, 2.75) is 33.6 Å². The molecule has 0 saturated heterocycles. The van der Waals surface area contributed by atoms with E-state index in [1.165, 1.54) is 0 Å². The third-order valence-electron chi connectivity index (χ3n) is 5.41. The van der Waals surface area contributed by atoms with Gasteiger partial charge in [0.25, 0.3) is 11.8 Å². The third-order valence-corrected chi connectivity index (χ3v) is 5.64. The number of nitrogens with zero attached hydrogens (tertiary/aromatic N) is 2. The molecule has 0 fully saturated rings. The van der Waals surface area contributed by atoms with Crippen molar-refractivity contribution < 1.29 is 18.8 Å². The molecule has 3 N–H and O–H groups in total. The van der Waals surface area contributed by atoms with Crippen LogP contribution < -0.4 is 20.7 Å². The van der Waals surface area contributed by atoms with Crippen LogP contribution in [0.3, 0.4) is 0 Å². The summed E-state index contributed by atoms with van der Waals surface area (Å²) in [6.45, 7) is 5.55. The highest BCUT2D eigenvalue weighted by atomic mass is 35.5. The quantitative estimate of drug-likeness (QED) is 0.341. The second kappa shape index (κ2) is 11.7. The number of methoxy groups -OCH3 is 1. The van der Waals surface area contributed by atoms with Crippen molar-refractivity contribution in [2.24, 2.45) is 5.41 Å². The number of ether oxygens (including phenoxy) is 1. The van der Waals surface area contributed by atoms with E-state index in [2.05, 4.69) is 26.1 Å². The Labute approximate surface area is 215 Å². The Kier molecular flexibility index (Phi) is 8.71. The topological polar surface area (TPSA) is 118 Å². The molecule has 36 heavy (non-hydrogen) atoms. The van der Waals surface area contributed by atoms with Crippen LogP contribution >= 0.6 is 11.6 Å². The molecule has 0 unspecified atom stereocenters. The number of carbonyl (C=O) groups is 2. The number of halogens is 1. The monoisotopic (exact) mass is 511 g/mol. The molecule has 10 heteroatoms. The molecule has 1 aromatic heterocycles. The molecule has 0 radical (unpaired) electrons. The van der Waals surface area contributed by atoms with Gasteiger partial charge in [-0.1, -0.05) is 48.8 Å². The fourth-order valence-corrected chi connectivity index (χ4v) is 3.72. The number of rotatable bonds is 10. The van der Waals surface area contributed by atoms with Crippen LogP contribution in [0.1, 0.15) is 33.0 Å². The van der Waals surface area contributed by atoms with Crippen LogP contribution in [0.4, 0.5) is 5.69 Å². The molecule has 0 spiro atoms. The molecule has 0 aliphatic heterocycles. The minimum atomic E-state index is -0.530. The Morgan fingerprint density at radius 3 is 2.53 bits per heavy atom. The zero-order valence-electron chi connectivity index (χ0n) is 20.9. The molecule has 0 aliphatic carbocycles. The number of hydrogen-bond acceptors (Lipinski definition) is 7. The Hall–Kier alpha value is -3.85. The van der Waals surface area contributed by atoms with Crippen molar-refractivity contribution in [3.8, 4) is 17.2 Å². The van der Waals surface area contributed by atoms with Crippen molar-refractivity contribution in [3.63, 3.8) is 0 Å². The third kappa shape index (κ3) is 7.08. The maximum atomic E-state index is 12.9. The molecule has 2 aromatic carbocycles. The summed E-state index contributed by atoms with van der Waals surface area (Å²) >= 11 is 6.11. The van der Waals surface area contributed by atoms with Crippen molar-refractivity contribution in [1.82, 2.24) is 20.8 Å². The number of para-hydroxylation sites is 1. The predicted molar refractivity (Wildman–Crippen MR) is 138 cm³/mol. The van der Waals surface area contributed by atoms with E-state index in [0.717, 1.165) is 0 Å². The van der Waals surface area contributed by atoms with Crippen molar-refractivity contribution in [3.05, 3.63) is 70.8 Å². The Morgan fingerprint density at radius 1 is 1.14 bits per heavy atom. The zero-order chi connectivity index (χ0) is 26.3.